The fourth-order valence-corrected chi connectivity index (χ4v) is 2.98. The molecule has 0 spiro atoms. The van der Waals surface area contributed by atoms with E-state index in [1.807, 2.05) is 30.0 Å². The van der Waals surface area contributed by atoms with Crippen molar-refractivity contribution in [3.05, 3.63) is 23.9 Å². The van der Waals surface area contributed by atoms with Gasteiger partial charge >= 0.3 is 0 Å². The van der Waals surface area contributed by atoms with Gasteiger partial charge in [-0.3, -0.25) is 4.79 Å². The van der Waals surface area contributed by atoms with E-state index >= 15 is 0 Å². The topological polar surface area (TPSA) is 45.7 Å². The van der Waals surface area contributed by atoms with Crippen molar-refractivity contribution in [2.24, 2.45) is 0 Å². The molecule has 1 atom stereocenters. The van der Waals surface area contributed by atoms with Crippen LogP contribution in [0.5, 0.6) is 0 Å². The molecule has 0 aromatic carbocycles. The number of nitrogens with zero attached hydrogens (tertiary/aromatic N) is 3. The molecule has 5 nitrogen and oxygen atoms in total. The molecule has 2 aliphatic rings. The van der Waals surface area contributed by atoms with Crippen LogP contribution in [0.4, 0.5) is 5.82 Å². The fraction of sp³-hybridized carbons (Fsp3) is 0.600. The summed E-state index contributed by atoms with van der Waals surface area (Å²) in [4.78, 5) is 21.3. The van der Waals surface area contributed by atoms with E-state index in [2.05, 4.69) is 9.88 Å². The Bertz CT molecular complexity index is 486. The van der Waals surface area contributed by atoms with Crippen molar-refractivity contribution < 1.29 is 9.53 Å². The first-order valence-electron chi connectivity index (χ1n) is 7.32. The number of carbonyl (C=O) groups excluding carboxylic acids is 1. The van der Waals surface area contributed by atoms with Gasteiger partial charge in [0.1, 0.15) is 11.9 Å². The largest absolute Gasteiger partial charge is 0.378 e. The van der Waals surface area contributed by atoms with E-state index < -0.39 is 0 Å². The lowest BCUT2D eigenvalue weighted by atomic mass is 10.2. The van der Waals surface area contributed by atoms with Crippen LogP contribution in [0.15, 0.2) is 18.2 Å². The molecule has 20 heavy (non-hydrogen) atoms. The summed E-state index contributed by atoms with van der Waals surface area (Å²) in [6.45, 7) is 5.63. The zero-order valence-corrected chi connectivity index (χ0v) is 11.9. The zero-order valence-electron chi connectivity index (χ0n) is 11.9. The molecule has 3 rings (SSSR count). The van der Waals surface area contributed by atoms with Crippen molar-refractivity contribution in [1.29, 1.82) is 0 Å². The second-order valence-electron chi connectivity index (χ2n) is 5.43. The number of aromatic nitrogens is 1. The molecule has 2 aliphatic heterocycles. The van der Waals surface area contributed by atoms with Gasteiger partial charge in [0.15, 0.2) is 0 Å². The van der Waals surface area contributed by atoms with Gasteiger partial charge in [-0.25, -0.2) is 4.98 Å². The van der Waals surface area contributed by atoms with Gasteiger partial charge in [-0.15, -0.1) is 0 Å². The van der Waals surface area contributed by atoms with E-state index in [-0.39, 0.29) is 11.9 Å². The Kier molecular flexibility index (Phi) is 3.87. The lowest BCUT2D eigenvalue weighted by molar-refractivity contribution is -0.136. The second kappa shape index (κ2) is 5.79. The Labute approximate surface area is 119 Å². The molecule has 0 radical (unpaired) electrons. The maximum absolute atomic E-state index is 12.7. The van der Waals surface area contributed by atoms with E-state index in [1.54, 1.807) is 0 Å². The number of rotatable bonds is 2. The summed E-state index contributed by atoms with van der Waals surface area (Å²) in [5.74, 6) is 1.16. The predicted octanol–water partition coefficient (Wildman–Crippen LogP) is 1.22. The van der Waals surface area contributed by atoms with Gasteiger partial charge in [-0.05, 0) is 31.9 Å². The molecule has 5 heteroatoms. The van der Waals surface area contributed by atoms with E-state index in [4.69, 9.17) is 4.74 Å². The first kappa shape index (κ1) is 13.4. The van der Waals surface area contributed by atoms with Gasteiger partial charge in [-0.2, -0.15) is 0 Å². The summed E-state index contributed by atoms with van der Waals surface area (Å²) >= 11 is 0. The van der Waals surface area contributed by atoms with Crippen LogP contribution in [0.1, 0.15) is 18.5 Å². The lowest BCUT2D eigenvalue weighted by Crippen LogP contribution is -2.50. The molecule has 0 saturated carbocycles. The predicted molar refractivity (Wildman–Crippen MR) is 76.7 cm³/mol. The van der Waals surface area contributed by atoms with Gasteiger partial charge in [0, 0.05) is 25.3 Å². The molecule has 108 valence electrons. The highest BCUT2D eigenvalue weighted by atomic mass is 16.5. The zero-order chi connectivity index (χ0) is 13.9. The van der Waals surface area contributed by atoms with Crippen molar-refractivity contribution in [3.63, 3.8) is 0 Å². The number of ether oxygens (including phenoxy) is 1. The SMILES string of the molecule is Cc1cccc(N2CCC[C@H]2C(=O)N2CCOCC2)n1. The molecule has 0 unspecified atom stereocenters. The van der Waals surface area contributed by atoms with Gasteiger partial charge in [0.25, 0.3) is 0 Å². The number of hydrogen-bond donors (Lipinski definition) is 0. The summed E-state index contributed by atoms with van der Waals surface area (Å²) in [5.41, 5.74) is 0.993. The number of anilines is 1. The third-order valence-electron chi connectivity index (χ3n) is 4.03. The minimum atomic E-state index is -0.0533. The summed E-state index contributed by atoms with van der Waals surface area (Å²) < 4.78 is 5.32. The molecular formula is C15H21N3O2. The third-order valence-corrected chi connectivity index (χ3v) is 4.03. The van der Waals surface area contributed by atoms with Crippen molar-refractivity contribution in [2.75, 3.05) is 37.7 Å². The number of carbonyl (C=O) groups is 1. The van der Waals surface area contributed by atoms with Crippen LogP contribution in [0.3, 0.4) is 0 Å². The van der Waals surface area contributed by atoms with Gasteiger partial charge in [-0.1, -0.05) is 6.07 Å². The molecule has 3 heterocycles. The molecule has 0 bridgehead atoms. The summed E-state index contributed by atoms with van der Waals surface area (Å²) in [6.07, 6.45) is 1.97. The highest BCUT2D eigenvalue weighted by Gasteiger charge is 2.34. The van der Waals surface area contributed by atoms with Crippen molar-refractivity contribution in [3.8, 4) is 0 Å². The number of amides is 1. The highest BCUT2D eigenvalue weighted by Crippen LogP contribution is 2.25. The molecule has 1 amide bonds. The molecule has 0 N–H and O–H groups in total. The van der Waals surface area contributed by atoms with Gasteiger partial charge in [0.2, 0.25) is 5.91 Å². The van der Waals surface area contributed by atoms with Crippen LogP contribution in [-0.2, 0) is 9.53 Å². The Balaban J connectivity index is 1.76. The molecule has 2 saturated heterocycles. The maximum atomic E-state index is 12.7. The molecule has 1 aromatic heterocycles. The lowest BCUT2D eigenvalue weighted by Gasteiger charge is -2.33. The van der Waals surface area contributed by atoms with E-state index in [0.29, 0.717) is 26.3 Å². The van der Waals surface area contributed by atoms with Gasteiger partial charge in [0.05, 0.1) is 13.2 Å². The monoisotopic (exact) mass is 275 g/mol. The van der Waals surface area contributed by atoms with Crippen molar-refractivity contribution in [2.45, 2.75) is 25.8 Å². The third kappa shape index (κ3) is 2.63. The standard InChI is InChI=1S/C15H21N3O2/c1-12-4-2-6-14(16-12)18-7-3-5-13(18)15(19)17-8-10-20-11-9-17/h2,4,6,13H,3,5,7-11H2,1H3/t13-/m0/s1. The van der Waals surface area contributed by atoms with E-state index in [1.165, 1.54) is 0 Å². The first-order valence-corrected chi connectivity index (χ1v) is 7.32. The molecule has 2 fully saturated rings. The number of aryl methyl sites for hydroxylation is 1. The van der Waals surface area contributed by atoms with Crippen LogP contribution in [0.2, 0.25) is 0 Å². The first-order chi connectivity index (χ1) is 9.75. The van der Waals surface area contributed by atoms with Crippen LogP contribution in [0.25, 0.3) is 0 Å². The minimum Gasteiger partial charge on any atom is -0.378 e. The van der Waals surface area contributed by atoms with E-state index in [0.717, 1.165) is 30.9 Å². The van der Waals surface area contributed by atoms with Crippen LogP contribution in [-0.4, -0.2) is 54.7 Å². The Morgan fingerprint density at radius 3 is 2.85 bits per heavy atom. The number of morpholine rings is 1. The highest BCUT2D eigenvalue weighted by molar-refractivity contribution is 5.85. The fourth-order valence-electron chi connectivity index (χ4n) is 2.98. The van der Waals surface area contributed by atoms with Crippen LogP contribution in [0, 0.1) is 6.92 Å². The Morgan fingerprint density at radius 1 is 1.30 bits per heavy atom. The Morgan fingerprint density at radius 2 is 2.10 bits per heavy atom. The quantitative estimate of drug-likeness (QED) is 0.814. The molecule has 1 aromatic rings. The van der Waals surface area contributed by atoms with Crippen molar-refractivity contribution >= 4 is 11.7 Å². The summed E-state index contributed by atoms with van der Waals surface area (Å²) in [7, 11) is 0. The average Bonchev–Trinajstić information content (AvgIpc) is 2.97. The van der Waals surface area contributed by atoms with E-state index in [9.17, 15) is 4.79 Å². The Hall–Kier alpha value is -1.62. The number of hydrogen-bond acceptors (Lipinski definition) is 4. The van der Waals surface area contributed by atoms with Crippen molar-refractivity contribution in [1.82, 2.24) is 9.88 Å². The molecular weight excluding hydrogens is 254 g/mol. The van der Waals surface area contributed by atoms with Gasteiger partial charge < -0.3 is 14.5 Å². The smallest absolute Gasteiger partial charge is 0.245 e. The van der Waals surface area contributed by atoms with Crippen LogP contribution < -0.4 is 4.90 Å². The minimum absolute atomic E-state index is 0.0533. The summed E-state index contributed by atoms with van der Waals surface area (Å²) in [6, 6.07) is 5.94. The normalized spacial score (nSPS) is 23.1. The summed E-state index contributed by atoms with van der Waals surface area (Å²) in [5, 5.41) is 0. The van der Waals surface area contributed by atoms with Crippen LogP contribution >= 0.6 is 0 Å². The second-order valence-corrected chi connectivity index (χ2v) is 5.43. The average molecular weight is 275 g/mol. The maximum Gasteiger partial charge on any atom is 0.245 e. The number of pyridine rings is 1. The molecule has 0 aliphatic carbocycles.